The summed E-state index contributed by atoms with van der Waals surface area (Å²) in [6.45, 7) is 3.58. The lowest BCUT2D eigenvalue weighted by Crippen LogP contribution is -2.17. The molecule has 0 radical (unpaired) electrons. The van der Waals surface area contributed by atoms with Gasteiger partial charge in [0.2, 0.25) is 0 Å². The smallest absolute Gasteiger partial charge is 0.151 e. The summed E-state index contributed by atoms with van der Waals surface area (Å²) in [6.07, 6.45) is 0. The fourth-order valence-electron chi connectivity index (χ4n) is 1.28. The predicted octanol–water partition coefficient (Wildman–Crippen LogP) is 1.98. The van der Waals surface area contributed by atoms with Gasteiger partial charge in [-0.3, -0.25) is 0 Å². The molecule has 90 valence electrons. The average molecular weight is 245 g/mol. The van der Waals surface area contributed by atoms with E-state index in [1.54, 1.807) is 26.0 Å². The minimum absolute atomic E-state index is 0.0689. The molecule has 0 aliphatic rings. The maximum Gasteiger partial charge on any atom is 0.151 e. The first-order chi connectivity index (χ1) is 7.46. The maximum absolute atomic E-state index is 13.1. The van der Waals surface area contributed by atoms with Crippen molar-refractivity contribution in [2.75, 3.05) is 23.4 Å². The lowest BCUT2D eigenvalue weighted by molar-refractivity contribution is 0.597. The zero-order valence-corrected chi connectivity index (χ0v) is 10.3. The van der Waals surface area contributed by atoms with Crippen LogP contribution in [0.4, 0.5) is 10.1 Å². The van der Waals surface area contributed by atoms with E-state index in [4.69, 9.17) is 0 Å². The van der Waals surface area contributed by atoms with Crippen LogP contribution in [-0.4, -0.2) is 26.5 Å². The van der Waals surface area contributed by atoms with Crippen molar-refractivity contribution in [3.8, 4) is 0 Å². The van der Waals surface area contributed by atoms with E-state index in [0.29, 0.717) is 17.8 Å². The molecule has 0 fully saturated rings. The van der Waals surface area contributed by atoms with Crippen molar-refractivity contribution < 1.29 is 12.8 Å². The van der Waals surface area contributed by atoms with Gasteiger partial charge in [-0.25, -0.2) is 12.8 Å². The van der Waals surface area contributed by atoms with Gasteiger partial charge >= 0.3 is 0 Å². The second-order valence-corrected chi connectivity index (χ2v) is 6.05. The third kappa shape index (κ3) is 3.48. The summed E-state index contributed by atoms with van der Waals surface area (Å²) in [6, 6.07) is 4.71. The van der Waals surface area contributed by atoms with Crippen LogP contribution in [0.3, 0.4) is 0 Å². The lowest BCUT2D eigenvalue weighted by Gasteiger charge is -2.09. The molecule has 0 bridgehead atoms. The molecule has 0 spiro atoms. The summed E-state index contributed by atoms with van der Waals surface area (Å²) in [5.74, 6) is -0.0839. The molecular formula is C11H16FNO2S. The Morgan fingerprint density at radius 2 is 2.06 bits per heavy atom. The van der Waals surface area contributed by atoms with Gasteiger partial charge in [-0.05, 0) is 19.1 Å². The number of anilines is 1. The molecule has 0 aromatic heterocycles. The maximum atomic E-state index is 13.1. The van der Waals surface area contributed by atoms with Crippen molar-refractivity contribution in [2.45, 2.75) is 13.8 Å². The van der Waals surface area contributed by atoms with Gasteiger partial charge in [-0.15, -0.1) is 0 Å². The lowest BCUT2D eigenvalue weighted by atomic mass is 10.2. The molecule has 0 saturated heterocycles. The van der Waals surface area contributed by atoms with Gasteiger partial charge in [0.15, 0.2) is 9.84 Å². The molecular weight excluding hydrogens is 229 g/mol. The van der Waals surface area contributed by atoms with Crippen molar-refractivity contribution >= 4 is 15.5 Å². The normalized spacial score (nSPS) is 11.4. The Kier molecular flexibility index (Phi) is 4.29. The fraction of sp³-hybridized carbons (Fsp3) is 0.455. The van der Waals surface area contributed by atoms with E-state index in [2.05, 4.69) is 5.32 Å². The Morgan fingerprint density at radius 3 is 2.69 bits per heavy atom. The van der Waals surface area contributed by atoms with Crippen molar-refractivity contribution in [2.24, 2.45) is 0 Å². The summed E-state index contributed by atoms with van der Waals surface area (Å²) in [7, 11) is -2.97. The fourth-order valence-corrected chi connectivity index (χ4v) is 1.99. The molecule has 0 atom stereocenters. The molecule has 1 aromatic rings. The summed E-state index contributed by atoms with van der Waals surface area (Å²) in [5.41, 5.74) is 1.16. The quantitative estimate of drug-likeness (QED) is 0.862. The number of rotatable bonds is 5. The first kappa shape index (κ1) is 13.0. The molecule has 16 heavy (non-hydrogen) atoms. The Bertz CT molecular complexity index is 457. The highest BCUT2D eigenvalue weighted by Crippen LogP contribution is 2.16. The zero-order chi connectivity index (χ0) is 12.2. The SMILES string of the molecule is CCS(=O)(=O)CCNc1cccc(F)c1C. The Labute approximate surface area is 95.6 Å². The molecule has 0 heterocycles. The van der Waals surface area contributed by atoms with E-state index in [9.17, 15) is 12.8 Å². The number of halogens is 1. The average Bonchev–Trinajstić information content (AvgIpc) is 2.24. The number of benzene rings is 1. The first-order valence-corrected chi connectivity index (χ1v) is 6.98. The van der Waals surface area contributed by atoms with E-state index < -0.39 is 9.84 Å². The van der Waals surface area contributed by atoms with Gasteiger partial charge in [-0.2, -0.15) is 0 Å². The van der Waals surface area contributed by atoms with Crippen LogP contribution in [0.15, 0.2) is 18.2 Å². The number of hydrogen-bond donors (Lipinski definition) is 1. The monoisotopic (exact) mass is 245 g/mol. The highest BCUT2D eigenvalue weighted by Gasteiger charge is 2.07. The van der Waals surface area contributed by atoms with Crippen molar-refractivity contribution in [3.05, 3.63) is 29.6 Å². The van der Waals surface area contributed by atoms with E-state index in [-0.39, 0.29) is 17.3 Å². The Morgan fingerprint density at radius 1 is 1.38 bits per heavy atom. The molecule has 3 nitrogen and oxygen atoms in total. The van der Waals surface area contributed by atoms with Crippen LogP contribution in [0.2, 0.25) is 0 Å². The summed E-state index contributed by atoms with van der Waals surface area (Å²) < 4.78 is 35.6. The third-order valence-electron chi connectivity index (χ3n) is 2.44. The highest BCUT2D eigenvalue weighted by molar-refractivity contribution is 7.91. The molecule has 0 amide bonds. The van der Waals surface area contributed by atoms with Crippen molar-refractivity contribution in [1.29, 1.82) is 0 Å². The molecule has 5 heteroatoms. The number of hydrogen-bond acceptors (Lipinski definition) is 3. The number of sulfone groups is 1. The van der Waals surface area contributed by atoms with Gasteiger partial charge in [0.05, 0.1) is 5.75 Å². The molecule has 0 aliphatic heterocycles. The molecule has 1 N–H and O–H groups in total. The molecule has 0 aliphatic carbocycles. The molecule has 1 rings (SSSR count). The first-order valence-electron chi connectivity index (χ1n) is 5.15. The second-order valence-electron chi connectivity index (χ2n) is 3.58. The van der Waals surface area contributed by atoms with E-state index >= 15 is 0 Å². The van der Waals surface area contributed by atoms with E-state index in [0.717, 1.165) is 0 Å². The second kappa shape index (κ2) is 5.30. The van der Waals surface area contributed by atoms with E-state index in [1.165, 1.54) is 6.07 Å². The molecule has 0 unspecified atom stereocenters. The zero-order valence-electron chi connectivity index (χ0n) is 9.46. The standard InChI is InChI=1S/C11H16FNO2S/c1-3-16(14,15)8-7-13-11-6-4-5-10(12)9(11)2/h4-6,13H,3,7-8H2,1-2H3. The van der Waals surface area contributed by atoms with Gasteiger partial charge < -0.3 is 5.32 Å². The topological polar surface area (TPSA) is 46.2 Å². The van der Waals surface area contributed by atoms with Gasteiger partial charge in [0.1, 0.15) is 5.82 Å². The Balaban J connectivity index is 2.59. The van der Waals surface area contributed by atoms with Crippen LogP contribution in [0.25, 0.3) is 0 Å². The Hall–Kier alpha value is -1.10. The number of nitrogens with one attached hydrogen (secondary N) is 1. The van der Waals surface area contributed by atoms with Crippen molar-refractivity contribution in [3.63, 3.8) is 0 Å². The molecule has 0 saturated carbocycles. The van der Waals surface area contributed by atoms with Crippen LogP contribution in [0.1, 0.15) is 12.5 Å². The van der Waals surface area contributed by atoms with Crippen LogP contribution < -0.4 is 5.32 Å². The molecule has 1 aromatic carbocycles. The van der Waals surface area contributed by atoms with Gasteiger partial charge in [0, 0.05) is 23.5 Å². The van der Waals surface area contributed by atoms with Crippen LogP contribution >= 0.6 is 0 Å². The minimum atomic E-state index is -2.97. The van der Waals surface area contributed by atoms with Crippen LogP contribution in [0, 0.1) is 12.7 Å². The minimum Gasteiger partial charge on any atom is -0.384 e. The summed E-state index contributed by atoms with van der Waals surface area (Å²) in [4.78, 5) is 0. The highest BCUT2D eigenvalue weighted by atomic mass is 32.2. The van der Waals surface area contributed by atoms with E-state index in [1.807, 2.05) is 0 Å². The van der Waals surface area contributed by atoms with Crippen LogP contribution in [0.5, 0.6) is 0 Å². The van der Waals surface area contributed by atoms with Gasteiger partial charge in [0.25, 0.3) is 0 Å². The van der Waals surface area contributed by atoms with Gasteiger partial charge in [-0.1, -0.05) is 13.0 Å². The van der Waals surface area contributed by atoms with Crippen LogP contribution in [-0.2, 0) is 9.84 Å². The largest absolute Gasteiger partial charge is 0.384 e. The predicted molar refractivity (Wildman–Crippen MR) is 64.0 cm³/mol. The third-order valence-corrected chi connectivity index (χ3v) is 4.14. The van der Waals surface area contributed by atoms with Crippen molar-refractivity contribution in [1.82, 2.24) is 0 Å². The summed E-state index contributed by atoms with van der Waals surface area (Å²) in [5, 5.41) is 2.93. The summed E-state index contributed by atoms with van der Waals surface area (Å²) >= 11 is 0.